The maximum Gasteiger partial charge on any atom is 0.326 e. The van der Waals surface area contributed by atoms with Crippen LogP contribution in [0.25, 0.3) is 11.4 Å². The van der Waals surface area contributed by atoms with Crippen LogP contribution < -0.4 is 0 Å². The molecule has 25 heavy (non-hydrogen) atoms. The van der Waals surface area contributed by atoms with Crippen molar-refractivity contribution in [1.82, 2.24) is 25.1 Å². The zero-order valence-corrected chi connectivity index (χ0v) is 14.0. The zero-order valence-electron chi connectivity index (χ0n) is 14.0. The number of ether oxygens (including phenoxy) is 1. The summed E-state index contributed by atoms with van der Waals surface area (Å²) >= 11 is 0. The van der Waals surface area contributed by atoms with Crippen LogP contribution in [0.15, 0.2) is 24.3 Å². The lowest BCUT2D eigenvalue weighted by atomic mass is 10.1. The molecule has 0 saturated carbocycles. The van der Waals surface area contributed by atoms with Crippen LogP contribution in [0.5, 0.6) is 0 Å². The predicted molar refractivity (Wildman–Crippen MR) is 86.5 cm³/mol. The fraction of sp³-hybridized carbons (Fsp3) is 0.438. The van der Waals surface area contributed by atoms with E-state index in [2.05, 4.69) is 15.4 Å². The van der Waals surface area contributed by atoms with E-state index in [1.165, 1.54) is 16.8 Å². The van der Waals surface area contributed by atoms with Crippen LogP contribution in [0.1, 0.15) is 12.0 Å². The number of aromatic nitrogens is 4. The van der Waals surface area contributed by atoms with Crippen LogP contribution in [0, 0.1) is 6.92 Å². The van der Waals surface area contributed by atoms with Crippen molar-refractivity contribution in [3.8, 4) is 11.4 Å². The molecule has 1 aromatic carbocycles. The van der Waals surface area contributed by atoms with Gasteiger partial charge < -0.3 is 14.7 Å². The highest BCUT2D eigenvalue weighted by molar-refractivity contribution is 5.84. The maximum absolute atomic E-state index is 12.5. The summed E-state index contributed by atoms with van der Waals surface area (Å²) in [6, 6.07) is 6.74. The molecule has 0 spiro atoms. The summed E-state index contributed by atoms with van der Waals surface area (Å²) in [6.07, 6.45) is -0.00589. The molecule has 0 aliphatic carbocycles. The number of hydrogen-bond acceptors (Lipinski definition) is 6. The van der Waals surface area contributed by atoms with Gasteiger partial charge in [-0.1, -0.05) is 29.8 Å². The molecule has 1 aromatic heterocycles. The summed E-state index contributed by atoms with van der Waals surface area (Å²) in [4.78, 5) is 26.3. The van der Waals surface area contributed by atoms with E-state index in [0.29, 0.717) is 5.82 Å². The van der Waals surface area contributed by atoms with Crippen molar-refractivity contribution < 1.29 is 19.4 Å². The number of tetrazole rings is 1. The Kier molecular flexibility index (Phi) is 4.75. The van der Waals surface area contributed by atoms with Crippen molar-refractivity contribution in [2.24, 2.45) is 0 Å². The van der Waals surface area contributed by atoms with Crippen LogP contribution in [0.3, 0.4) is 0 Å². The van der Waals surface area contributed by atoms with E-state index in [-0.39, 0.29) is 31.5 Å². The van der Waals surface area contributed by atoms with Gasteiger partial charge >= 0.3 is 5.97 Å². The number of hydrogen-bond donors (Lipinski definition) is 1. The van der Waals surface area contributed by atoms with Gasteiger partial charge in [0.15, 0.2) is 0 Å². The number of aryl methyl sites for hydroxylation is 1. The Morgan fingerprint density at radius 2 is 2.04 bits per heavy atom. The lowest BCUT2D eigenvalue weighted by molar-refractivity contribution is -0.148. The van der Waals surface area contributed by atoms with Crippen molar-refractivity contribution >= 4 is 11.9 Å². The monoisotopic (exact) mass is 345 g/mol. The lowest BCUT2D eigenvalue weighted by Crippen LogP contribution is -2.42. The van der Waals surface area contributed by atoms with E-state index in [0.717, 1.165) is 11.1 Å². The minimum atomic E-state index is -1.04. The fourth-order valence-corrected chi connectivity index (χ4v) is 2.82. The third kappa shape index (κ3) is 3.66. The third-order valence-corrected chi connectivity index (χ3v) is 4.24. The van der Waals surface area contributed by atoms with Crippen molar-refractivity contribution in [2.75, 3.05) is 13.7 Å². The molecule has 1 fully saturated rings. The Bertz CT molecular complexity index is 773. The highest BCUT2D eigenvalue weighted by Crippen LogP contribution is 2.21. The molecule has 1 aliphatic heterocycles. The van der Waals surface area contributed by atoms with Crippen LogP contribution in [-0.4, -0.2) is 67.9 Å². The molecule has 1 saturated heterocycles. The highest BCUT2D eigenvalue weighted by atomic mass is 16.5. The van der Waals surface area contributed by atoms with Crippen molar-refractivity contribution in [3.05, 3.63) is 29.8 Å². The van der Waals surface area contributed by atoms with Gasteiger partial charge in [0, 0.05) is 25.6 Å². The first-order valence-corrected chi connectivity index (χ1v) is 7.88. The minimum absolute atomic E-state index is 0.168. The van der Waals surface area contributed by atoms with Crippen molar-refractivity contribution in [1.29, 1.82) is 0 Å². The minimum Gasteiger partial charge on any atom is -0.480 e. The molecule has 0 bridgehead atoms. The van der Waals surface area contributed by atoms with E-state index in [1.807, 2.05) is 31.2 Å². The second kappa shape index (κ2) is 6.98. The van der Waals surface area contributed by atoms with Crippen molar-refractivity contribution in [3.63, 3.8) is 0 Å². The Morgan fingerprint density at radius 3 is 2.68 bits per heavy atom. The summed E-state index contributed by atoms with van der Waals surface area (Å²) < 4.78 is 5.19. The van der Waals surface area contributed by atoms with E-state index in [4.69, 9.17) is 4.74 Å². The Hall–Kier alpha value is -2.81. The highest BCUT2D eigenvalue weighted by Gasteiger charge is 2.39. The molecule has 9 heteroatoms. The first-order valence-electron chi connectivity index (χ1n) is 7.88. The number of aliphatic carboxylic acids is 1. The quantitative estimate of drug-likeness (QED) is 0.832. The molecule has 2 heterocycles. The first-order chi connectivity index (χ1) is 12.0. The number of amides is 1. The fourth-order valence-electron chi connectivity index (χ4n) is 2.82. The third-order valence-electron chi connectivity index (χ3n) is 4.24. The molecule has 2 aromatic rings. The van der Waals surface area contributed by atoms with Gasteiger partial charge in [0.05, 0.1) is 6.10 Å². The first kappa shape index (κ1) is 17.0. The molecule has 2 unspecified atom stereocenters. The average molecular weight is 345 g/mol. The summed E-state index contributed by atoms with van der Waals surface area (Å²) in [5.74, 6) is -1.00. The molecule has 1 N–H and O–H groups in total. The van der Waals surface area contributed by atoms with Gasteiger partial charge in [-0.3, -0.25) is 4.79 Å². The second-order valence-corrected chi connectivity index (χ2v) is 6.00. The summed E-state index contributed by atoms with van der Waals surface area (Å²) in [7, 11) is 1.50. The van der Waals surface area contributed by atoms with E-state index < -0.39 is 12.0 Å². The standard InChI is InChI=1S/C16H19N5O4/c1-10-3-5-11(6-4-10)15-17-19-21(18-15)9-14(22)20-8-12(25-2)7-13(20)16(23)24/h3-6,12-13H,7-9H2,1-2H3,(H,23,24). The summed E-state index contributed by atoms with van der Waals surface area (Å²) in [5, 5.41) is 21.3. The Labute approximate surface area is 144 Å². The largest absolute Gasteiger partial charge is 0.480 e. The summed E-state index contributed by atoms with van der Waals surface area (Å²) in [5.41, 5.74) is 1.92. The van der Waals surface area contributed by atoms with Crippen LogP contribution in [-0.2, 0) is 20.9 Å². The normalized spacial score (nSPS) is 20.0. The molecule has 1 amide bonds. The molecule has 0 radical (unpaired) electrons. The Balaban J connectivity index is 1.71. The van der Waals surface area contributed by atoms with Crippen LogP contribution in [0.2, 0.25) is 0 Å². The number of carboxylic acid groups (broad SMARTS) is 1. The molecule has 2 atom stereocenters. The summed E-state index contributed by atoms with van der Waals surface area (Å²) in [6.45, 7) is 2.06. The van der Waals surface area contributed by atoms with Gasteiger partial charge in [-0.15, -0.1) is 10.2 Å². The smallest absolute Gasteiger partial charge is 0.326 e. The van der Waals surface area contributed by atoms with E-state index in [9.17, 15) is 14.7 Å². The average Bonchev–Trinajstić information content (AvgIpc) is 3.22. The maximum atomic E-state index is 12.5. The van der Waals surface area contributed by atoms with E-state index in [1.54, 1.807) is 0 Å². The SMILES string of the molecule is COC1CC(C(=O)O)N(C(=O)Cn2nnc(-c3ccc(C)cc3)n2)C1. The van der Waals surface area contributed by atoms with Gasteiger partial charge in [0.1, 0.15) is 12.6 Å². The molecule has 132 valence electrons. The van der Waals surface area contributed by atoms with Gasteiger partial charge in [-0.25, -0.2) is 4.79 Å². The number of benzene rings is 1. The number of rotatable bonds is 5. The van der Waals surface area contributed by atoms with Crippen molar-refractivity contribution in [2.45, 2.75) is 32.0 Å². The van der Waals surface area contributed by atoms with Gasteiger partial charge in [-0.05, 0) is 12.1 Å². The number of likely N-dealkylation sites (tertiary alicyclic amines) is 1. The molecular formula is C16H19N5O4. The van der Waals surface area contributed by atoms with Gasteiger partial charge in [0.2, 0.25) is 11.7 Å². The van der Waals surface area contributed by atoms with Crippen LogP contribution >= 0.6 is 0 Å². The molecule has 9 nitrogen and oxygen atoms in total. The number of methoxy groups -OCH3 is 1. The molecular weight excluding hydrogens is 326 g/mol. The Morgan fingerprint density at radius 1 is 1.32 bits per heavy atom. The molecule has 1 aliphatic rings. The number of carbonyl (C=O) groups excluding carboxylic acids is 1. The molecule has 3 rings (SSSR count). The topological polar surface area (TPSA) is 110 Å². The number of carbonyl (C=O) groups is 2. The van der Waals surface area contributed by atoms with Gasteiger partial charge in [0.25, 0.3) is 0 Å². The van der Waals surface area contributed by atoms with Crippen LogP contribution in [0.4, 0.5) is 0 Å². The van der Waals surface area contributed by atoms with Gasteiger partial charge in [-0.2, -0.15) is 4.80 Å². The van der Waals surface area contributed by atoms with E-state index >= 15 is 0 Å². The predicted octanol–water partition coefficient (Wildman–Crippen LogP) is 0.349. The number of carboxylic acids is 1. The number of nitrogens with zero attached hydrogens (tertiary/aromatic N) is 5. The lowest BCUT2D eigenvalue weighted by Gasteiger charge is -2.20. The zero-order chi connectivity index (χ0) is 18.0. The second-order valence-electron chi connectivity index (χ2n) is 6.00.